The normalized spacial score (nSPS) is 10.5. The Morgan fingerprint density at radius 1 is 1.08 bits per heavy atom. The van der Waals surface area contributed by atoms with Gasteiger partial charge in [0.05, 0.1) is 5.02 Å². The highest BCUT2D eigenvalue weighted by molar-refractivity contribution is 6.35. The van der Waals surface area contributed by atoms with Crippen LogP contribution < -0.4 is 10.1 Å². The van der Waals surface area contributed by atoms with E-state index in [-0.39, 0.29) is 24.2 Å². The number of carbonyl (C=O) groups is 2. The van der Waals surface area contributed by atoms with Gasteiger partial charge in [0.1, 0.15) is 5.75 Å². The second kappa shape index (κ2) is 8.18. The molecule has 2 aromatic carbocycles. The zero-order valence-electron chi connectivity index (χ0n) is 13.3. The van der Waals surface area contributed by atoms with E-state index in [4.69, 9.17) is 27.9 Å². The Balaban J connectivity index is 1.96. The summed E-state index contributed by atoms with van der Waals surface area (Å²) in [6.07, 6.45) is 0. The second-order valence-corrected chi connectivity index (χ2v) is 6.35. The smallest absolute Gasteiger partial charge is 0.226 e. The number of benzene rings is 2. The molecule has 0 saturated carbocycles. The van der Waals surface area contributed by atoms with Crippen LogP contribution in [0, 0.1) is 5.92 Å². The van der Waals surface area contributed by atoms with E-state index >= 15 is 0 Å². The molecule has 0 unspecified atom stereocenters. The molecule has 0 atom stereocenters. The maximum atomic E-state index is 12.2. The summed E-state index contributed by atoms with van der Waals surface area (Å²) in [6, 6.07) is 11.5. The third-order valence-electron chi connectivity index (χ3n) is 3.25. The first-order valence-corrected chi connectivity index (χ1v) is 8.14. The van der Waals surface area contributed by atoms with Crippen LogP contribution in [0.25, 0.3) is 0 Å². The molecule has 0 radical (unpaired) electrons. The Kier molecular flexibility index (Phi) is 6.23. The lowest BCUT2D eigenvalue weighted by Gasteiger charge is -2.09. The lowest BCUT2D eigenvalue weighted by Crippen LogP contribution is -2.18. The van der Waals surface area contributed by atoms with Crippen molar-refractivity contribution < 1.29 is 14.3 Å². The summed E-state index contributed by atoms with van der Waals surface area (Å²) in [5.74, 6) is 0.0246. The standard InChI is InChI=1S/C18H17Cl2NO3/c1-11(2)18(23)21-14-6-3-12(4-7-14)16(22)10-24-17-8-5-13(19)9-15(17)20/h3-9,11H,10H2,1-2H3,(H,21,23). The monoisotopic (exact) mass is 365 g/mol. The topological polar surface area (TPSA) is 55.4 Å². The predicted octanol–water partition coefficient (Wildman–Crippen LogP) is 4.85. The quantitative estimate of drug-likeness (QED) is 0.744. The molecule has 4 nitrogen and oxygen atoms in total. The summed E-state index contributed by atoms with van der Waals surface area (Å²) in [6.45, 7) is 3.48. The van der Waals surface area contributed by atoms with Gasteiger partial charge in [-0.1, -0.05) is 37.0 Å². The van der Waals surface area contributed by atoms with Crippen LogP contribution in [0.5, 0.6) is 5.75 Å². The first-order chi connectivity index (χ1) is 11.4. The van der Waals surface area contributed by atoms with Gasteiger partial charge in [0.15, 0.2) is 12.4 Å². The van der Waals surface area contributed by atoms with Crippen molar-refractivity contribution in [1.82, 2.24) is 0 Å². The molecule has 0 aliphatic rings. The highest BCUT2D eigenvalue weighted by Gasteiger charge is 2.11. The molecule has 0 bridgehead atoms. The molecule has 2 aromatic rings. The molecule has 0 saturated heterocycles. The van der Waals surface area contributed by atoms with E-state index in [0.29, 0.717) is 27.0 Å². The number of ether oxygens (including phenoxy) is 1. The van der Waals surface area contributed by atoms with Gasteiger partial charge in [0, 0.05) is 22.2 Å². The highest BCUT2D eigenvalue weighted by atomic mass is 35.5. The molecule has 126 valence electrons. The number of amides is 1. The van der Waals surface area contributed by atoms with Crippen molar-refractivity contribution >= 4 is 40.6 Å². The molecule has 0 aromatic heterocycles. The van der Waals surface area contributed by atoms with Crippen molar-refractivity contribution in [3.63, 3.8) is 0 Å². The summed E-state index contributed by atoms with van der Waals surface area (Å²) < 4.78 is 5.42. The number of halogens is 2. The van der Waals surface area contributed by atoms with Crippen LogP contribution in [0.15, 0.2) is 42.5 Å². The summed E-state index contributed by atoms with van der Waals surface area (Å²) in [5, 5.41) is 3.61. The van der Waals surface area contributed by atoms with E-state index in [1.807, 2.05) is 13.8 Å². The van der Waals surface area contributed by atoms with Crippen LogP contribution in [0.3, 0.4) is 0 Å². The van der Waals surface area contributed by atoms with Crippen LogP contribution >= 0.6 is 23.2 Å². The molecule has 0 fully saturated rings. The molecule has 0 heterocycles. The molecule has 24 heavy (non-hydrogen) atoms. The van der Waals surface area contributed by atoms with Crippen molar-refractivity contribution in [3.05, 3.63) is 58.1 Å². The minimum absolute atomic E-state index is 0.0743. The van der Waals surface area contributed by atoms with Gasteiger partial charge in [-0.2, -0.15) is 0 Å². The highest BCUT2D eigenvalue weighted by Crippen LogP contribution is 2.27. The van der Waals surface area contributed by atoms with Crippen molar-refractivity contribution in [2.24, 2.45) is 5.92 Å². The molecular formula is C18H17Cl2NO3. The van der Waals surface area contributed by atoms with E-state index in [9.17, 15) is 9.59 Å². The fourth-order valence-corrected chi connectivity index (χ4v) is 2.31. The van der Waals surface area contributed by atoms with Crippen LogP contribution in [0.4, 0.5) is 5.69 Å². The fraction of sp³-hybridized carbons (Fsp3) is 0.222. The number of anilines is 1. The summed E-state index contributed by atoms with van der Waals surface area (Å²) in [5.41, 5.74) is 1.13. The molecule has 1 amide bonds. The Bertz CT molecular complexity index is 742. The van der Waals surface area contributed by atoms with Gasteiger partial charge >= 0.3 is 0 Å². The minimum atomic E-state index is -0.192. The van der Waals surface area contributed by atoms with Crippen LogP contribution in [-0.2, 0) is 4.79 Å². The third kappa shape index (κ3) is 4.98. The minimum Gasteiger partial charge on any atom is -0.484 e. The Labute approximate surface area is 150 Å². The van der Waals surface area contributed by atoms with E-state index in [2.05, 4.69) is 5.32 Å². The Morgan fingerprint density at radius 3 is 2.33 bits per heavy atom. The number of rotatable bonds is 6. The van der Waals surface area contributed by atoms with Gasteiger partial charge in [0.2, 0.25) is 5.91 Å². The number of ketones is 1. The molecule has 0 aliphatic carbocycles. The first-order valence-electron chi connectivity index (χ1n) is 7.39. The molecule has 1 N–H and O–H groups in total. The molecule has 0 spiro atoms. The fourth-order valence-electron chi connectivity index (χ4n) is 1.84. The molecule has 6 heteroatoms. The van der Waals surface area contributed by atoms with Gasteiger partial charge in [-0.15, -0.1) is 0 Å². The van der Waals surface area contributed by atoms with Gasteiger partial charge in [0.25, 0.3) is 0 Å². The van der Waals surface area contributed by atoms with Crippen molar-refractivity contribution in [2.75, 3.05) is 11.9 Å². The molecule has 0 aliphatic heterocycles. The third-order valence-corrected chi connectivity index (χ3v) is 3.78. The van der Waals surface area contributed by atoms with Gasteiger partial charge in [-0.25, -0.2) is 0 Å². The number of hydrogen-bond acceptors (Lipinski definition) is 3. The Morgan fingerprint density at radius 2 is 1.75 bits per heavy atom. The van der Waals surface area contributed by atoms with E-state index in [1.54, 1.807) is 42.5 Å². The van der Waals surface area contributed by atoms with Crippen LogP contribution in [0.1, 0.15) is 24.2 Å². The van der Waals surface area contributed by atoms with Crippen molar-refractivity contribution in [3.8, 4) is 5.75 Å². The van der Waals surface area contributed by atoms with E-state index < -0.39 is 0 Å². The number of hydrogen-bond donors (Lipinski definition) is 1. The van der Waals surface area contributed by atoms with Crippen molar-refractivity contribution in [1.29, 1.82) is 0 Å². The van der Waals surface area contributed by atoms with Gasteiger partial charge in [-0.3, -0.25) is 9.59 Å². The molecular weight excluding hydrogens is 349 g/mol. The van der Waals surface area contributed by atoms with E-state index in [1.165, 1.54) is 0 Å². The van der Waals surface area contributed by atoms with Crippen LogP contribution in [-0.4, -0.2) is 18.3 Å². The second-order valence-electron chi connectivity index (χ2n) is 5.51. The van der Waals surface area contributed by atoms with Gasteiger partial charge < -0.3 is 10.1 Å². The van der Waals surface area contributed by atoms with Gasteiger partial charge in [-0.05, 0) is 42.5 Å². The van der Waals surface area contributed by atoms with Crippen molar-refractivity contribution in [2.45, 2.75) is 13.8 Å². The lowest BCUT2D eigenvalue weighted by atomic mass is 10.1. The lowest BCUT2D eigenvalue weighted by molar-refractivity contribution is -0.118. The zero-order valence-corrected chi connectivity index (χ0v) is 14.8. The molecule has 2 rings (SSSR count). The van der Waals surface area contributed by atoms with E-state index in [0.717, 1.165) is 0 Å². The Hall–Kier alpha value is -2.04. The average Bonchev–Trinajstić information content (AvgIpc) is 2.54. The summed E-state index contributed by atoms with van der Waals surface area (Å²) >= 11 is 11.8. The SMILES string of the molecule is CC(C)C(=O)Nc1ccc(C(=O)COc2ccc(Cl)cc2Cl)cc1. The maximum absolute atomic E-state index is 12.2. The largest absolute Gasteiger partial charge is 0.484 e. The van der Waals surface area contributed by atoms with Crippen LogP contribution in [0.2, 0.25) is 10.0 Å². The number of Topliss-reactive ketones (excluding diaryl/α,β-unsaturated/α-hetero) is 1. The summed E-state index contributed by atoms with van der Waals surface area (Å²) in [4.78, 5) is 23.8. The summed E-state index contributed by atoms with van der Waals surface area (Å²) in [7, 11) is 0. The maximum Gasteiger partial charge on any atom is 0.226 e. The average molecular weight is 366 g/mol. The zero-order chi connectivity index (χ0) is 17.7. The first kappa shape index (κ1) is 18.3. The predicted molar refractivity (Wildman–Crippen MR) is 96.2 cm³/mol. The number of nitrogens with one attached hydrogen (secondary N) is 1. The number of carbonyl (C=O) groups excluding carboxylic acids is 2.